The molecule has 128 valence electrons. The number of anilines is 2. The number of thiocarbonyl (C=S) groups is 1. The van der Waals surface area contributed by atoms with Gasteiger partial charge in [-0.15, -0.1) is 11.3 Å². The molecule has 3 nitrogen and oxygen atoms in total. The predicted molar refractivity (Wildman–Crippen MR) is 94.6 cm³/mol. The molecule has 0 aliphatic heterocycles. The molecule has 2 aromatic rings. The summed E-state index contributed by atoms with van der Waals surface area (Å²) in [5.74, 6) is 0.634. The van der Waals surface area contributed by atoms with Crippen molar-refractivity contribution in [2.45, 2.75) is 32.4 Å². The van der Waals surface area contributed by atoms with Crippen LogP contribution in [0.1, 0.15) is 29.5 Å². The molecule has 1 heterocycles. The molecule has 0 bridgehead atoms. The van der Waals surface area contributed by atoms with Crippen molar-refractivity contribution in [3.8, 4) is 0 Å². The van der Waals surface area contributed by atoms with E-state index in [4.69, 9.17) is 12.2 Å². The Hall–Kier alpha value is -1.67. The van der Waals surface area contributed by atoms with Crippen molar-refractivity contribution in [2.75, 3.05) is 10.6 Å². The minimum absolute atomic E-state index is 0.0718. The largest absolute Gasteiger partial charge is 0.418 e. The summed E-state index contributed by atoms with van der Waals surface area (Å²) in [6.07, 6.45) is -1.40. The normalized spacial score (nSPS) is 17.2. The van der Waals surface area contributed by atoms with Gasteiger partial charge in [-0.1, -0.05) is 19.1 Å². The highest BCUT2D eigenvalue weighted by Crippen LogP contribution is 2.35. The highest BCUT2D eigenvalue weighted by Gasteiger charge is 2.33. The summed E-state index contributed by atoms with van der Waals surface area (Å²) in [6.45, 7) is 2.20. The van der Waals surface area contributed by atoms with Crippen LogP contribution in [0, 0.1) is 5.92 Å². The van der Waals surface area contributed by atoms with Crippen LogP contribution >= 0.6 is 23.6 Å². The number of thiazole rings is 1. The topological polar surface area (TPSA) is 37.0 Å². The average molecular weight is 371 g/mol. The lowest BCUT2D eigenvalue weighted by atomic mass is 9.93. The molecule has 0 radical (unpaired) electrons. The fraction of sp³-hybridized carbons (Fsp3) is 0.375. The highest BCUT2D eigenvalue weighted by atomic mass is 32.1. The second kappa shape index (κ2) is 6.68. The lowest BCUT2D eigenvalue weighted by molar-refractivity contribution is -0.136. The maximum absolute atomic E-state index is 13.0. The standard InChI is InChI=1S/C16H16F3N3S2/c1-9-6-7-12-13(8-9)24-15(21-12)22-14(23)20-11-5-3-2-4-10(11)16(17,18)19/h2-5,9H,6-8H2,1H3,(H2,20,21,22,23)/t9-/m0/s1. The summed E-state index contributed by atoms with van der Waals surface area (Å²) < 4.78 is 39.0. The van der Waals surface area contributed by atoms with Gasteiger partial charge in [0, 0.05) is 4.88 Å². The average Bonchev–Trinajstić information content (AvgIpc) is 2.87. The summed E-state index contributed by atoms with van der Waals surface area (Å²) >= 11 is 6.66. The van der Waals surface area contributed by atoms with E-state index in [2.05, 4.69) is 22.5 Å². The fourth-order valence-corrected chi connectivity index (χ4v) is 4.13. The first-order valence-corrected chi connectivity index (χ1v) is 8.78. The minimum atomic E-state index is -4.43. The number of benzene rings is 1. The summed E-state index contributed by atoms with van der Waals surface area (Å²) in [6, 6.07) is 5.25. The van der Waals surface area contributed by atoms with Gasteiger partial charge in [-0.2, -0.15) is 13.2 Å². The number of halogens is 3. The number of hydrogen-bond acceptors (Lipinski definition) is 3. The lowest BCUT2D eigenvalue weighted by Crippen LogP contribution is -2.21. The first-order chi connectivity index (χ1) is 11.3. The van der Waals surface area contributed by atoms with E-state index in [0.717, 1.165) is 31.0 Å². The maximum atomic E-state index is 13.0. The molecule has 1 aliphatic carbocycles. The van der Waals surface area contributed by atoms with Gasteiger partial charge in [0.2, 0.25) is 0 Å². The number of rotatable bonds is 2. The molecule has 1 aliphatic rings. The molecule has 0 saturated carbocycles. The van der Waals surface area contributed by atoms with Gasteiger partial charge in [0.1, 0.15) is 0 Å². The number of fused-ring (bicyclic) bond motifs is 1. The van der Waals surface area contributed by atoms with Crippen LogP contribution in [0.3, 0.4) is 0 Å². The molecule has 2 N–H and O–H groups in total. The Morgan fingerprint density at radius 1 is 1.29 bits per heavy atom. The van der Waals surface area contributed by atoms with Crippen LogP contribution in [-0.4, -0.2) is 10.1 Å². The number of aromatic nitrogens is 1. The Labute approximate surface area is 147 Å². The molecule has 1 aromatic heterocycles. The Morgan fingerprint density at radius 2 is 2.04 bits per heavy atom. The number of hydrogen-bond donors (Lipinski definition) is 2. The van der Waals surface area contributed by atoms with E-state index in [0.29, 0.717) is 11.0 Å². The quantitative estimate of drug-likeness (QED) is 0.721. The number of nitrogens with one attached hydrogen (secondary N) is 2. The third-order valence-corrected chi connectivity index (χ3v) is 5.13. The summed E-state index contributed by atoms with van der Waals surface area (Å²) in [5.41, 5.74) is 0.248. The van der Waals surface area contributed by atoms with Gasteiger partial charge in [0.05, 0.1) is 16.9 Å². The summed E-state index contributed by atoms with van der Waals surface area (Å²) in [4.78, 5) is 5.73. The zero-order chi connectivity index (χ0) is 17.3. The van der Waals surface area contributed by atoms with E-state index < -0.39 is 11.7 Å². The van der Waals surface area contributed by atoms with Crippen LogP contribution < -0.4 is 10.6 Å². The monoisotopic (exact) mass is 371 g/mol. The molecule has 3 rings (SSSR count). The Morgan fingerprint density at radius 3 is 2.79 bits per heavy atom. The number of nitrogens with zero attached hydrogens (tertiary/aromatic N) is 1. The molecule has 1 atom stereocenters. The molecule has 0 spiro atoms. The predicted octanol–water partition coefficient (Wildman–Crippen LogP) is 5.10. The second-order valence-electron chi connectivity index (χ2n) is 5.86. The molecule has 0 amide bonds. The van der Waals surface area contributed by atoms with E-state index in [1.165, 1.54) is 34.4 Å². The van der Waals surface area contributed by atoms with Gasteiger partial charge in [-0.05, 0) is 49.5 Å². The van der Waals surface area contributed by atoms with Crippen molar-refractivity contribution in [1.82, 2.24) is 4.98 Å². The zero-order valence-corrected chi connectivity index (χ0v) is 14.5. The van der Waals surface area contributed by atoms with Gasteiger partial charge in [0.25, 0.3) is 0 Å². The van der Waals surface area contributed by atoms with E-state index in [1.807, 2.05) is 0 Å². The molecular weight excluding hydrogens is 355 g/mol. The van der Waals surface area contributed by atoms with E-state index in [1.54, 1.807) is 0 Å². The van der Waals surface area contributed by atoms with Crippen LogP contribution in [0.2, 0.25) is 0 Å². The zero-order valence-electron chi connectivity index (χ0n) is 12.9. The minimum Gasteiger partial charge on any atom is -0.332 e. The number of alkyl halides is 3. The van der Waals surface area contributed by atoms with Gasteiger partial charge >= 0.3 is 6.18 Å². The van der Waals surface area contributed by atoms with Crippen molar-refractivity contribution in [1.29, 1.82) is 0 Å². The second-order valence-corrected chi connectivity index (χ2v) is 7.35. The Kier molecular flexibility index (Phi) is 4.78. The van der Waals surface area contributed by atoms with Crippen molar-refractivity contribution >= 4 is 39.5 Å². The third kappa shape index (κ3) is 3.87. The Bertz CT molecular complexity index is 755. The van der Waals surface area contributed by atoms with E-state index in [-0.39, 0.29) is 10.8 Å². The van der Waals surface area contributed by atoms with Gasteiger partial charge in [-0.25, -0.2) is 4.98 Å². The van der Waals surface area contributed by atoms with E-state index >= 15 is 0 Å². The molecular formula is C16H16F3N3S2. The molecule has 1 aromatic carbocycles. The van der Waals surface area contributed by atoms with Crippen molar-refractivity contribution in [2.24, 2.45) is 5.92 Å². The van der Waals surface area contributed by atoms with Gasteiger partial charge in [-0.3, -0.25) is 0 Å². The molecule has 24 heavy (non-hydrogen) atoms. The molecule has 0 fully saturated rings. The molecule has 0 saturated heterocycles. The van der Waals surface area contributed by atoms with Crippen molar-refractivity contribution < 1.29 is 13.2 Å². The van der Waals surface area contributed by atoms with E-state index in [9.17, 15) is 13.2 Å². The van der Waals surface area contributed by atoms with Crippen LogP contribution in [0.15, 0.2) is 24.3 Å². The van der Waals surface area contributed by atoms with Gasteiger partial charge < -0.3 is 10.6 Å². The first kappa shape index (κ1) is 17.2. The van der Waals surface area contributed by atoms with Crippen molar-refractivity contribution in [3.63, 3.8) is 0 Å². The third-order valence-electron chi connectivity index (χ3n) is 3.89. The fourth-order valence-electron chi connectivity index (χ4n) is 2.68. The SMILES string of the molecule is C[C@H]1CCc2nc(NC(=S)Nc3ccccc3C(F)(F)F)sc2C1. The molecule has 8 heteroatoms. The lowest BCUT2D eigenvalue weighted by Gasteiger charge is -2.15. The molecule has 0 unspecified atom stereocenters. The highest BCUT2D eigenvalue weighted by molar-refractivity contribution is 7.80. The summed E-state index contributed by atoms with van der Waals surface area (Å²) in [7, 11) is 0. The van der Waals surface area contributed by atoms with Crippen LogP contribution in [0.4, 0.5) is 24.0 Å². The van der Waals surface area contributed by atoms with Gasteiger partial charge in [0.15, 0.2) is 10.2 Å². The summed E-state index contributed by atoms with van der Waals surface area (Å²) in [5, 5.41) is 6.25. The first-order valence-electron chi connectivity index (χ1n) is 7.55. The van der Waals surface area contributed by atoms with Crippen LogP contribution in [0.25, 0.3) is 0 Å². The number of para-hydroxylation sites is 1. The maximum Gasteiger partial charge on any atom is 0.418 e. The van der Waals surface area contributed by atoms with Crippen LogP contribution in [0.5, 0.6) is 0 Å². The van der Waals surface area contributed by atoms with Crippen molar-refractivity contribution in [3.05, 3.63) is 40.4 Å². The van der Waals surface area contributed by atoms with Crippen LogP contribution in [-0.2, 0) is 19.0 Å². The Balaban J connectivity index is 1.71. The smallest absolute Gasteiger partial charge is 0.332 e. The number of aryl methyl sites for hydroxylation is 1.